The van der Waals surface area contributed by atoms with Gasteiger partial charge in [0.25, 0.3) is 0 Å². The minimum atomic E-state index is -0.760. The summed E-state index contributed by atoms with van der Waals surface area (Å²) in [5, 5.41) is 11.3. The number of hydrogen-bond acceptors (Lipinski definition) is 12. The van der Waals surface area contributed by atoms with Gasteiger partial charge in [-0.3, -0.25) is 14.3 Å². The average Bonchev–Trinajstić information content (AvgIpc) is 3.38. The standard InChI is InChI=1S/C34H45N7O7/c1-39(15-16-47-27-6-4-5-26(19-27)20-28(42)46-3)23-34(44)11-13-40(14-12-34)21-24-7-9-25(10-8-24)22-41-31-29(36-33(41)43)30(35)37-32(38-31)48-18-17-45-2/h4-10,19,44H,11-18,20-23H2,1-3H3,(H,36,43)(H2,35,37,38). The van der Waals surface area contributed by atoms with Crippen molar-refractivity contribution in [2.45, 2.75) is 38.0 Å². The van der Waals surface area contributed by atoms with E-state index in [9.17, 15) is 14.7 Å². The third-order valence-corrected chi connectivity index (χ3v) is 8.49. The minimum absolute atomic E-state index is 0.0884. The summed E-state index contributed by atoms with van der Waals surface area (Å²) in [5.74, 6) is 0.557. The molecular formula is C34H45N7O7. The molecule has 0 radical (unpaired) electrons. The Morgan fingerprint density at radius 3 is 2.44 bits per heavy atom. The summed E-state index contributed by atoms with van der Waals surface area (Å²) in [7, 11) is 4.94. The van der Waals surface area contributed by atoms with Crippen molar-refractivity contribution < 1.29 is 28.8 Å². The van der Waals surface area contributed by atoms with E-state index in [1.165, 1.54) is 11.7 Å². The van der Waals surface area contributed by atoms with Crippen LogP contribution in [0.4, 0.5) is 5.82 Å². The van der Waals surface area contributed by atoms with Crippen molar-refractivity contribution in [1.29, 1.82) is 0 Å². The number of esters is 1. The summed E-state index contributed by atoms with van der Waals surface area (Å²) in [6, 6.07) is 15.7. The molecule has 0 spiro atoms. The van der Waals surface area contributed by atoms with Crippen LogP contribution in [0.2, 0.25) is 0 Å². The number of hydrogen-bond donors (Lipinski definition) is 3. The van der Waals surface area contributed by atoms with E-state index in [-0.39, 0.29) is 36.5 Å². The zero-order valence-corrected chi connectivity index (χ0v) is 27.8. The van der Waals surface area contributed by atoms with Gasteiger partial charge in [0.2, 0.25) is 0 Å². The first-order chi connectivity index (χ1) is 23.1. The molecule has 3 heterocycles. The summed E-state index contributed by atoms with van der Waals surface area (Å²) < 4.78 is 22.7. The summed E-state index contributed by atoms with van der Waals surface area (Å²) in [4.78, 5) is 40.0. The van der Waals surface area contributed by atoms with Gasteiger partial charge in [0.05, 0.1) is 32.3 Å². The molecule has 2 aromatic heterocycles. The van der Waals surface area contributed by atoms with E-state index in [4.69, 9.17) is 24.7 Å². The quantitative estimate of drug-likeness (QED) is 0.118. The number of likely N-dealkylation sites (N-methyl/N-ethyl adjacent to an activating group) is 1. The third kappa shape index (κ3) is 9.31. The zero-order chi connectivity index (χ0) is 34.1. The minimum Gasteiger partial charge on any atom is -0.492 e. The molecule has 0 saturated carbocycles. The first kappa shape index (κ1) is 34.8. The highest BCUT2D eigenvalue weighted by molar-refractivity contribution is 5.82. The maximum atomic E-state index is 12.7. The van der Waals surface area contributed by atoms with Crippen molar-refractivity contribution in [1.82, 2.24) is 29.3 Å². The van der Waals surface area contributed by atoms with Crippen molar-refractivity contribution >= 4 is 23.0 Å². The number of aliphatic hydroxyl groups is 1. The summed E-state index contributed by atoms with van der Waals surface area (Å²) >= 11 is 0. The van der Waals surface area contributed by atoms with E-state index in [0.29, 0.717) is 62.6 Å². The molecule has 0 unspecified atom stereocenters. The maximum Gasteiger partial charge on any atom is 0.328 e. The Morgan fingerprint density at radius 2 is 1.73 bits per heavy atom. The second-order valence-electron chi connectivity index (χ2n) is 12.3. The molecule has 1 fully saturated rings. The SMILES string of the molecule is COCCOc1nc(N)c2[nH]c(=O)n(Cc3ccc(CN4CCC(O)(CN(C)CCOc5cccc(CC(=O)OC)c5)CC4)cc3)c2n1. The summed E-state index contributed by atoms with van der Waals surface area (Å²) in [6.45, 7) is 4.99. The molecule has 1 aliphatic heterocycles. The van der Waals surface area contributed by atoms with Crippen LogP contribution in [-0.4, -0.2) is 113 Å². The lowest BCUT2D eigenvalue weighted by molar-refractivity contribution is -0.139. The number of imidazole rings is 1. The molecule has 1 saturated heterocycles. The number of carbonyl (C=O) groups is 1. The molecule has 0 aliphatic carbocycles. The van der Waals surface area contributed by atoms with Gasteiger partial charge in [-0.05, 0) is 48.7 Å². The van der Waals surface area contributed by atoms with E-state index >= 15 is 0 Å². The van der Waals surface area contributed by atoms with Gasteiger partial charge in [-0.25, -0.2) is 4.79 Å². The predicted molar refractivity (Wildman–Crippen MR) is 180 cm³/mol. The van der Waals surface area contributed by atoms with Gasteiger partial charge in [0.1, 0.15) is 24.5 Å². The number of ether oxygens (including phenoxy) is 4. The highest BCUT2D eigenvalue weighted by Crippen LogP contribution is 2.25. The van der Waals surface area contributed by atoms with E-state index in [0.717, 1.165) is 36.3 Å². The number of nitrogens with two attached hydrogens (primary N) is 1. The van der Waals surface area contributed by atoms with Crippen molar-refractivity contribution in [3.8, 4) is 11.8 Å². The van der Waals surface area contributed by atoms with Crippen LogP contribution in [0.3, 0.4) is 0 Å². The summed E-state index contributed by atoms with van der Waals surface area (Å²) in [5.41, 5.74) is 8.66. The van der Waals surface area contributed by atoms with Gasteiger partial charge in [-0.15, -0.1) is 0 Å². The number of nitrogen functional groups attached to an aromatic ring is 1. The number of nitrogens with zero attached hydrogens (tertiary/aromatic N) is 5. The number of carbonyl (C=O) groups excluding carboxylic acids is 1. The number of likely N-dealkylation sites (tertiary alicyclic amines) is 1. The number of benzene rings is 2. The van der Waals surface area contributed by atoms with E-state index in [1.807, 2.05) is 43.4 Å². The average molecular weight is 664 g/mol. The Morgan fingerprint density at radius 1 is 1.00 bits per heavy atom. The van der Waals surface area contributed by atoms with Gasteiger partial charge >= 0.3 is 17.7 Å². The number of fused-ring (bicyclic) bond motifs is 1. The molecule has 14 heteroatoms. The Hall–Kier alpha value is -4.50. The third-order valence-electron chi connectivity index (χ3n) is 8.49. The molecule has 0 atom stereocenters. The van der Waals surface area contributed by atoms with Crippen molar-refractivity contribution in [2.75, 3.05) is 73.0 Å². The van der Waals surface area contributed by atoms with Gasteiger partial charge in [0, 0.05) is 39.8 Å². The van der Waals surface area contributed by atoms with Crippen LogP contribution in [0.5, 0.6) is 11.8 Å². The molecule has 48 heavy (non-hydrogen) atoms. The van der Waals surface area contributed by atoms with Gasteiger partial charge < -0.3 is 39.7 Å². The van der Waals surface area contributed by atoms with Crippen molar-refractivity contribution in [3.63, 3.8) is 0 Å². The van der Waals surface area contributed by atoms with Crippen LogP contribution in [-0.2, 0) is 33.8 Å². The molecular weight excluding hydrogens is 618 g/mol. The Labute approximate surface area is 279 Å². The van der Waals surface area contributed by atoms with Crippen LogP contribution in [0.15, 0.2) is 53.3 Å². The monoisotopic (exact) mass is 663 g/mol. The molecule has 5 rings (SSSR count). The molecule has 258 valence electrons. The second kappa shape index (κ2) is 16.1. The number of methoxy groups -OCH3 is 2. The number of piperidine rings is 1. The first-order valence-corrected chi connectivity index (χ1v) is 16.0. The Kier molecular flexibility index (Phi) is 11.7. The number of anilines is 1. The molecule has 2 aromatic carbocycles. The maximum absolute atomic E-state index is 12.7. The Bertz CT molecular complexity index is 1720. The van der Waals surface area contributed by atoms with E-state index in [2.05, 4.69) is 36.9 Å². The molecule has 0 bridgehead atoms. The highest BCUT2D eigenvalue weighted by atomic mass is 16.5. The molecule has 4 N–H and O–H groups in total. The van der Waals surface area contributed by atoms with E-state index < -0.39 is 5.60 Å². The number of H-pyrrole nitrogens is 1. The second-order valence-corrected chi connectivity index (χ2v) is 12.3. The van der Waals surface area contributed by atoms with Gasteiger partial charge in [-0.1, -0.05) is 36.4 Å². The first-order valence-electron chi connectivity index (χ1n) is 16.0. The molecule has 1 aliphatic rings. The predicted octanol–water partition coefficient (Wildman–Crippen LogP) is 1.83. The van der Waals surface area contributed by atoms with Crippen LogP contribution >= 0.6 is 0 Å². The van der Waals surface area contributed by atoms with Crippen LogP contribution in [0.25, 0.3) is 11.2 Å². The van der Waals surface area contributed by atoms with E-state index in [1.54, 1.807) is 7.11 Å². The largest absolute Gasteiger partial charge is 0.492 e. The lowest BCUT2D eigenvalue weighted by Crippen LogP contribution is -2.50. The number of aromatic amines is 1. The molecule has 4 aromatic rings. The number of rotatable bonds is 16. The number of nitrogens with one attached hydrogen (secondary N) is 1. The zero-order valence-electron chi connectivity index (χ0n) is 27.8. The Balaban J connectivity index is 1.08. The van der Waals surface area contributed by atoms with Crippen molar-refractivity contribution in [2.24, 2.45) is 0 Å². The fraction of sp³-hybridized carbons (Fsp3) is 0.471. The molecule has 0 amide bonds. The van der Waals surface area contributed by atoms with Crippen molar-refractivity contribution in [3.05, 3.63) is 75.7 Å². The van der Waals surface area contributed by atoms with Gasteiger partial charge in [0.15, 0.2) is 11.5 Å². The lowest BCUT2D eigenvalue weighted by Gasteiger charge is -2.40. The van der Waals surface area contributed by atoms with Gasteiger partial charge in [-0.2, -0.15) is 9.97 Å². The fourth-order valence-electron chi connectivity index (χ4n) is 5.82. The fourth-order valence-corrected chi connectivity index (χ4v) is 5.82. The van der Waals surface area contributed by atoms with Crippen LogP contribution < -0.4 is 20.9 Å². The molecule has 14 nitrogen and oxygen atoms in total. The normalized spacial score (nSPS) is 14.8. The van der Waals surface area contributed by atoms with Crippen LogP contribution in [0, 0.1) is 0 Å². The smallest absolute Gasteiger partial charge is 0.328 e. The number of aromatic nitrogens is 4. The lowest BCUT2D eigenvalue weighted by atomic mass is 9.90. The topological polar surface area (TPSA) is 170 Å². The van der Waals surface area contributed by atoms with Crippen LogP contribution in [0.1, 0.15) is 29.5 Å². The highest BCUT2D eigenvalue weighted by Gasteiger charge is 2.33. The summed E-state index contributed by atoms with van der Waals surface area (Å²) in [6.07, 6.45) is 1.56.